The maximum Gasteiger partial charge on any atom is 0.163 e. The lowest BCUT2D eigenvalue weighted by atomic mass is 9.92. The van der Waals surface area contributed by atoms with E-state index in [4.69, 9.17) is 16.6 Å². The molecular formula is C21H20ClNO. The molecule has 0 saturated carbocycles. The average Bonchev–Trinajstić information content (AvgIpc) is 2.53. The number of carbonyl (C=O) groups is 1. The topological polar surface area (TPSA) is 30.0 Å². The normalized spacial score (nSPS) is 11.0. The van der Waals surface area contributed by atoms with Crippen LogP contribution in [-0.4, -0.2) is 10.8 Å². The number of aromatic nitrogens is 1. The average molecular weight is 338 g/mol. The molecule has 0 fully saturated rings. The number of halogens is 1. The molecule has 1 aromatic heterocycles. The zero-order valence-corrected chi connectivity index (χ0v) is 15.2. The highest BCUT2D eigenvalue weighted by molar-refractivity contribution is 6.30. The van der Waals surface area contributed by atoms with Gasteiger partial charge < -0.3 is 0 Å². The molecule has 0 spiro atoms. The second-order valence-corrected chi connectivity index (χ2v) is 6.64. The predicted molar refractivity (Wildman–Crippen MR) is 101 cm³/mol. The minimum Gasteiger partial charge on any atom is -0.294 e. The number of nitrogens with zero attached hydrogens (tertiary/aromatic N) is 1. The van der Waals surface area contributed by atoms with Crippen molar-refractivity contribution in [3.63, 3.8) is 0 Å². The van der Waals surface area contributed by atoms with Crippen molar-refractivity contribution < 1.29 is 4.79 Å². The smallest absolute Gasteiger partial charge is 0.163 e. The van der Waals surface area contributed by atoms with Crippen molar-refractivity contribution in [2.45, 2.75) is 34.1 Å². The summed E-state index contributed by atoms with van der Waals surface area (Å²) >= 11 is 6.18. The van der Waals surface area contributed by atoms with Crippen molar-refractivity contribution in [3.8, 4) is 11.1 Å². The zero-order valence-electron chi connectivity index (χ0n) is 14.4. The fourth-order valence-electron chi connectivity index (χ4n) is 3.33. The third-order valence-corrected chi connectivity index (χ3v) is 4.57. The van der Waals surface area contributed by atoms with Gasteiger partial charge in [-0.1, -0.05) is 36.7 Å². The minimum absolute atomic E-state index is 0.146. The fraction of sp³-hybridized carbons (Fsp3) is 0.238. The molecule has 0 unspecified atom stereocenters. The number of rotatable bonds is 3. The molecule has 0 aliphatic heterocycles. The Morgan fingerprint density at radius 3 is 2.38 bits per heavy atom. The van der Waals surface area contributed by atoms with Gasteiger partial charge in [-0.3, -0.25) is 9.78 Å². The van der Waals surface area contributed by atoms with Gasteiger partial charge in [-0.25, -0.2) is 0 Å². The van der Waals surface area contributed by atoms with Crippen LogP contribution in [0.15, 0.2) is 36.4 Å². The van der Waals surface area contributed by atoms with Gasteiger partial charge in [0, 0.05) is 33.7 Å². The van der Waals surface area contributed by atoms with Crippen LogP contribution in [0.4, 0.5) is 0 Å². The summed E-state index contributed by atoms with van der Waals surface area (Å²) in [7, 11) is 0. The number of ketones is 1. The van der Waals surface area contributed by atoms with Gasteiger partial charge in [0.15, 0.2) is 5.78 Å². The highest BCUT2D eigenvalue weighted by atomic mass is 35.5. The predicted octanol–water partition coefficient (Wildman–Crippen LogP) is 6.07. The van der Waals surface area contributed by atoms with Crippen LogP contribution in [0.2, 0.25) is 5.02 Å². The summed E-state index contributed by atoms with van der Waals surface area (Å²) in [5, 5.41) is 1.65. The van der Waals surface area contributed by atoms with Gasteiger partial charge in [-0.2, -0.15) is 0 Å². The van der Waals surface area contributed by atoms with Gasteiger partial charge in [0.1, 0.15) is 0 Å². The van der Waals surface area contributed by atoms with Crippen molar-refractivity contribution in [2.24, 2.45) is 0 Å². The van der Waals surface area contributed by atoms with Crippen LogP contribution in [0.1, 0.15) is 40.5 Å². The Balaban J connectivity index is 2.40. The summed E-state index contributed by atoms with van der Waals surface area (Å²) in [6.07, 6.45) is 0.488. The molecule has 0 amide bonds. The van der Waals surface area contributed by atoms with E-state index in [9.17, 15) is 4.79 Å². The Morgan fingerprint density at radius 1 is 1.08 bits per heavy atom. The van der Waals surface area contributed by atoms with Crippen LogP contribution >= 0.6 is 11.6 Å². The summed E-state index contributed by atoms with van der Waals surface area (Å²) in [5.74, 6) is 0.146. The van der Waals surface area contributed by atoms with Crippen LogP contribution < -0.4 is 0 Å². The maximum atomic E-state index is 12.4. The number of carbonyl (C=O) groups excluding carboxylic acids is 1. The number of pyridine rings is 1. The molecule has 0 aliphatic carbocycles. The molecule has 3 rings (SSSR count). The Hall–Kier alpha value is -2.19. The highest BCUT2D eigenvalue weighted by Gasteiger charge is 2.16. The quantitative estimate of drug-likeness (QED) is 0.542. The number of hydrogen-bond acceptors (Lipinski definition) is 2. The SMILES string of the molecule is CCC(=O)c1cc(C)nc2c(-c3c(C)cc(Cl)cc3C)cccc12. The molecule has 3 aromatic rings. The van der Waals surface area contributed by atoms with Crippen molar-refractivity contribution in [3.05, 3.63) is 63.8 Å². The zero-order chi connectivity index (χ0) is 17.4. The van der Waals surface area contributed by atoms with E-state index < -0.39 is 0 Å². The Morgan fingerprint density at radius 2 is 1.75 bits per heavy atom. The molecule has 24 heavy (non-hydrogen) atoms. The lowest BCUT2D eigenvalue weighted by Crippen LogP contribution is -2.01. The summed E-state index contributed by atoms with van der Waals surface area (Å²) in [6, 6.07) is 11.9. The number of hydrogen-bond donors (Lipinski definition) is 0. The van der Waals surface area contributed by atoms with Crippen molar-refractivity contribution >= 4 is 28.3 Å². The number of fused-ring (bicyclic) bond motifs is 1. The first-order valence-electron chi connectivity index (χ1n) is 8.13. The molecule has 3 heteroatoms. The highest BCUT2D eigenvalue weighted by Crippen LogP contribution is 2.35. The molecule has 0 radical (unpaired) electrons. The van der Waals surface area contributed by atoms with Gasteiger partial charge >= 0.3 is 0 Å². The Labute approximate surface area is 147 Å². The van der Waals surface area contributed by atoms with E-state index >= 15 is 0 Å². The van der Waals surface area contributed by atoms with Crippen LogP contribution in [0.25, 0.3) is 22.0 Å². The van der Waals surface area contributed by atoms with E-state index in [-0.39, 0.29) is 5.78 Å². The van der Waals surface area contributed by atoms with Crippen LogP contribution in [-0.2, 0) is 0 Å². The summed E-state index contributed by atoms with van der Waals surface area (Å²) in [6.45, 7) is 7.94. The van der Waals surface area contributed by atoms with Crippen molar-refractivity contribution in [1.82, 2.24) is 4.98 Å². The lowest BCUT2D eigenvalue weighted by Gasteiger charge is -2.15. The molecule has 0 bridgehead atoms. The molecular weight excluding hydrogens is 318 g/mol. The van der Waals surface area contributed by atoms with Crippen molar-refractivity contribution in [1.29, 1.82) is 0 Å². The maximum absolute atomic E-state index is 12.4. The number of aryl methyl sites for hydroxylation is 3. The van der Waals surface area contributed by atoms with E-state index in [2.05, 4.69) is 19.9 Å². The second-order valence-electron chi connectivity index (χ2n) is 6.20. The van der Waals surface area contributed by atoms with Crippen LogP contribution in [0, 0.1) is 20.8 Å². The minimum atomic E-state index is 0.146. The molecule has 0 saturated heterocycles. The van der Waals surface area contributed by atoms with Gasteiger partial charge in [0.25, 0.3) is 0 Å². The molecule has 122 valence electrons. The summed E-state index contributed by atoms with van der Waals surface area (Å²) in [4.78, 5) is 17.1. The van der Waals surface area contributed by atoms with E-state index in [0.717, 1.165) is 49.4 Å². The van der Waals surface area contributed by atoms with Gasteiger partial charge in [-0.15, -0.1) is 0 Å². The molecule has 0 N–H and O–H groups in total. The second kappa shape index (κ2) is 6.37. The molecule has 2 nitrogen and oxygen atoms in total. The van der Waals surface area contributed by atoms with E-state index in [1.807, 2.05) is 44.2 Å². The Bertz CT molecular complexity index is 936. The van der Waals surface area contributed by atoms with E-state index in [0.29, 0.717) is 6.42 Å². The number of para-hydroxylation sites is 1. The van der Waals surface area contributed by atoms with Gasteiger partial charge in [0.2, 0.25) is 0 Å². The first kappa shape index (κ1) is 16.7. The summed E-state index contributed by atoms with van der Waals surface area (Å²) in [5.41, 5.74) is 6.90. The third kappa shape index (κ3) is 2.83. The first-order valence-corrected chi connectivity index (χ1v) is 8.51. The molecule has 2 aromatic carbocycles. The third-order valence-electron chi connectivity index (χ3n) is 4.36. The Kier molecular flexibility index (Phi) is 4.42. The van der Waals surface area contributed by atoms with Gasteiger partial charge in [-0.05, 0) is 55.7 Å². The van der Waals surface area contributed by atoms with Gasteiger partial charge in [0.05, 0.1) is 5.52 Å². The fourth-order valence-corrected chi connectivity index (χ4v) is 3.66. The van der Waals surface area contributed by atoms with Crippen LogP contribution in [0.3, 0.4) is 0 Å². The lowest BCUT2D eigenvalue weighted by molar-refractivity contribution is 0.0989. The first-order chi connectivity index (χ1) is 11.4. The monoisotopic (exact) mass is 337 g/mol. The molecule has 0 atom stereocenters. The van der Waals surface area contributed by atoms with E-state index in [1.54, 1.807) is 0 Å². The van der Waals surface area contributed by atoms with Crippen LogP contribution in [0.5, 0.6) is 0 Å². The molecule has 0 aliphatic rings. The number of benzene rings is 2. The molecule has 1 heterocycles. The standard InChI is InChI=1S/C21H20ClNO/c1-5-19(24)18-11-14(4)23-21-16(18)7-6-8-17(21)20-12(2)9-15(22)10-13(20)3/h6-11H,5H2,1-4H3. The van der Waals surface area contributed by atoms with E-state index in [1.165, 1.54) is 0 Å². The largest absolute Gasteiger partial charge is 0.294 e. The summed E-state index contributed by atoms with van der Waals surface area (Å²) < 4.78 is 0. The van der Waals surface area contributed by atoms with Crippen molar-refractivity contribution in [2.75, 3.05) is 0 Å². The number of Topliss-reactive ketones (excluding diaryl/α,β-unsaturated/α-hetero) is 1.